The van der Waals surface area contributed by atoms with Crippen molar-refractivity contribution >= 4 is 39.2 Å². The minimum atomic E-state index is -2.43. The summed E-state index contributed by atoms with van der Waals surface area (Å²) in [6.07, 6.45) is 9.97. The van der Waals surface area contributed by atoms with Crippen molar-refractivity contribution in [3.05, 3.63) is 12.2 Å². The summed E-state index contributed by atoms with van der Waals surface area (Å²) in [7, 11) is 0. The summed E-state index contributed by atoms with van der Waals surface area (Å²) in [4.78, 5) is 0. The molecule has 0 amide bonds. The molecule has 1 unspecified atom stereocenters. The molecule has 0 radical (unpaired) electrons. The Morgan fingerprint density at radius 2 is 1.67 bits per heavy atom. The van der Waals surface area contributed by atoms with E-state index in [1.807, 2.05) is 0 Å². The largest absolute Gasteiger partial charge is 0.344 e. The van der Waals surface area contributed by atoms with Gasteiger partial charge in [0.25, 0.3) is 0 Å². The normalized spacial score (nSPS) is 29.1. The van der Waals surface area contributed by atoms with Crippen LogP contribution in [-0.4, -0.2) is 6.00 Å². The Labute approximate surface area is 89.0 Å². The van der Waals surface area contributed by atoms with Crippen LogP contribution in [0.15, 0.2) is 12.2 Å². The Morgan fingerprint density at radius 1 is 1.00 bits per heavy atom. The zero-order valence-electron chi connectivity index (χ0n) is 6.90. The van der Waals surface area contributed by atoms with E-state index in [0.29, 0.717) is 5.54 Å². The van der Waals surface area contributed by atoms with Crippen molar-refractivity contribution in [2.75, 3.05) is 0 Å². The third-order valence-corrected chi connectivity index (χ3v) is 6.52. The van der Waals surface area contributed by atoms with Gasteiger partial charge in [-0.05, 0) is 37.6 Å². The van der Waals surface area contributed by atoms with Crippen LogP contribution in [0.1, 0.15) is 32.1 Å². The molecule has 1 rings (SSSR count). The second-order valence-corrected chi connectivity index (χ2v) is 12.2. The summed E-state index contributed by atoms with van der Waals surface area (Å²) in [5.74, 6) is 0. The lowest BCUT2D eigenvalue weighted by Gasteiger charge is -2.22. The molecule has 0 bridgehead atoms. The molecule has 1 aliphatic carbocycles. The molecule has 0 aromatic rings. The molecular formula is C8H13Cl3Si. The molecule has 12 heavy (non-hydrogen) atoms. The van der Waals surface area contributed by atoms with Gasteiger partial charge in [0.15, 0.2) is 0 Å². The first-order chi connectivity index (χ1) is 5.61. The molecule has 0 nitrogen and oxygen atoms in total. The van der Waals surface area contributed by atoms with E-state index in [2.05, 4.69) is 12.2 Å². The third kappa shape index (κ3) is 3.69. The Morgan fingerprint density at radius 3 is 2.33 bits per heavy atom. The molecule has 4 heteroatoms. The van der Waals surface area contributed by atoms with Gasteiger partial charge in [0.1, 0.15) is 0 Å². The maximum atomic E-state index is 5.98. The van der Waals surface area contributed by atoms with Crippen molar-refractivity contribution in [3.63, 3.8) is 0 Å². The lowest BCUT2D eigenvalue weighted by molar-refractivity contribution is 0.631. The predicted octanol–water partition coefficient (Wildman–Crippen LogP) is 4.53. The van der Waals surface area contributed by atoms with E-state index in [-0.39, 0.29) is 0 Å². The van der Waals surface area contributed by atoms with Gasteiger partial charge in [-0.15, -0.1) is 33.2 Å². The SMILES string of the molecule is Cl[Si](Cl)(Cl)C1CC/C=C\CCC1. The average molecular weight is 244 g/mol. The number of hydrogen-bond acceptors (Lipinski definition) is 0. The molecule has 1 atom stereocenters. The Balaban J connectivity index is 2.48. The van der Waals surface area contributed by atoms with Crippen molar-refractivity contribution in [2.45, 2.75) is 37.6 Å². The van der Waals surface area contributed by atoms with E-state index in [1.165, 1.54) is 6.42 Å². The number of rotatable bonds is 1. The smallest absolute Gasteiger partial charge is 0.126 e. The van der Waals surface area contributed by atoms with Crippen LogP contribution in [0, 0.1) is 0 Å². The lowest BCUT2D eigenvalue weighted by atomic mass is 10.1. The summed E-state index contributed by atoms with van der Waals surface area (Å²) in [6, 6.07) is -2.43. The maximum absolute atomic E-state index is 5.98. The molecule has 0 spiro atoms. The fourth-order valence-electron chi connectivity index (χ4n) is 1.49. The number of halogens is 3. The molecule has 0 saturated heterocycles. The zero-order chi connectivity index (χ0) is 9.03. The molecule has 0 fully saturated rings. The van der Waals surface area contributed by atoms with Gasteiger partial charge in [-0.3, -0.25) is 0 Å². The molecule has 0 heterocycles. The average Bonchev–Trinajstić information content (AvgIpc) is 1.81. The van der Waals surface area contributed by atoms with Crippen molar-refractivity contribution < 1.29 is 0 Å². The molecule has 0 aromatic carbocycles. The Hall–Kier alpha value is 0.827. The first-order valence-corrected chi connectivity index (χ1v) is 9.43. The highest BCUT2D eigenvalue weighted by molar-refractivity contribution is 7.65. The van der Waals surface area contributed by atoms with Crippen LogP contribution in [0.4, 0.5) is 0 Å². The standard InChI is InChI=1S/C8H13Cl3Si/c9-12(10,11)8-6-4-2-1-3-5-7-8/h1-2,8H,3-7H2/b2-1-. The highest BCUT2D eigenvalue weighted by atomic mass is 35.8. The van der Waals surface area contributed by atoms with E-state index < -0.39 is 6.00 Å². The van der Waals surface area contributed by atoms with E-state index in [4.69, 9.17) is 33.2 Å². The van der Waals surface area contributed by atoms with Gasteiger partial charge in [0, 0.05) is 0 Å². The Kier molecular flexibility index (Phi) is 4.45. The van der Waals surface area contributed by atoms with Gasteiger partial charge < -0.3 is 0 Å². The van der Waals surface area contributed by atoms with E-state index in [0.717, 1.165) is 25.7 Å². The van der Waals surface area contributed by atoms with Crippen LogP contribution in [0.5, 0.6) is 0 Å². The van der Waals surface area contributed by atoms with Gasteiger partial charge in [-0.1, -0.05) is 12.2 Å². The van der Waals surface area contributed by atoms with E-state index in [9.17, 15) is 0 Å². The van der Waals surface area contributed by atoms with Crippen LogP contribution >= 0.6 is 33.2 Å². The first-order valence-electron chi connectivity index (χ1n) is 4.32. The first kappa shape index (κ1) is 10.9. The minimum Gasteiger partial charge on any atom is -0.126 e. The van der Waals surface area contributed by atoms with Gasteiger partial charge >= 0.3 is 6.00 Å². The molecular weight excluding hydrogens is 231 g/mol. The molecule has 0 N–H and O–H groups in total. The van der Waals surface area contributed by atoms with Crippen LogP contribution < -0.4 is 0 Å². The van der Waals surface area contributed by atoms with Crippen molar-refractivity contribution in [2.24, 2.45) is 0 Å². The predicted molar refractivity (Wildman–Crippen MR) is 59.3 cm³/mol. The second kappa shape index (κ2) is 4.90. The van der Waals surface area contributed by atoms with Gasteiger partial charge in [0.2, 0.25) is 0 Å². The van der Waals surface area contributed by atoms with Crippen molar-refractivity contribution in [1.82, 2.24) is 0 Å². The maximum Gasteiger partial charge on any atom is 0.344 e. The van der Waals surface area contributed by atoms with Crippen LogP contribution in [0.25, 0.3) is 0 Å². The van der Waals surface area contributed by atoms with Crippen LogP contribution in [-0.2, 0) is 0 Å². The third-order valence-electron chi connectivity index (χ3n) is 2.23. The van der Waals surface area contributed by atoms with E-state index >= 15 is 0 Å². The minimum absolute atomic E-state index is 0.368. The fraction of sp³-hybridized carbons (Fsp3) is 0.750. The van der Waals surface area contributed by atoms with Gasteiger partial charge in [-0.25, -0.2) is 0 Å². The summed E-state index contributed by atoms with van der Waals surface area (Å²) in [5.41, 5.74) is 0.368. The lowest BCUT2D eigenvalue weighted by Crippen LogP contribution is -2.20. The summed E-state index contributed by atoms with van der Waals surface area (Å²) < 4.78 is 0. The number of allylic oxidation sites excluding steroid dienone is 2. The molecule has 0 saturated carbocycles. The monoisotopic (exact) mass is 242 g/mol. The number of hydrogen-bond donors (Lipinski definition) is 0. The fourth-order valence-corrected chi connectivity index (χ4v) is 4.48. The summed E-state index contributed by atoms with van der Waals surface area (Å²) in [5, 5.41) is 0. The highest BCUT2D eigenvalue weighted by Crippen LogP contribution is 2.41. The molecule has 1 aliphatic rings. The van der Waals surface area contributed by atoms with Crippen LogP contribution in [0.3, 0.4) is 0 Å². The highest BCUT2D eigenvalue weighted by Gasteiger charge is 2.35. The summed E-state index contributed by atoms with van der Waals surface area (Å²) in [6.45, 7) is 0. The quantitative estimate of drug-likeness (QED) is 0.361. The van der Waals surface area contributed by atoms with Gasteiger partial charge in [-0.2, -0.15) is 0 Å². The van der Waals surface area contributed by atoms with Crippen LogP contribution in [0.2, 0.25) is 5.54 Å². The summed E-state index contributed by atoms with van der Waals surface area (Å²) >= 11 is 18.0. The van der Waals surface area contributed by atoms with Crippen molar-refractivity contribution in [3.8, 4) is 0 Å². The molecule has 0 aromatic heterocycles. The topological polar surface area (TPSA) is 0 Å². The van der Waals surface area contributed by atoms with Gasteiger partial charge in [0.05, 0.1) is 0 Å². The molecule has 0 aliphatic heterocycles. The second-order valence-electron chi connectivity index (χ2n) is 3.22. The Bertz CT molecular complexity index is 162. The van der Waals surface area contributed by atoms with Crippen molar-refractivity contribution in [1.29, 1.82) is 0 Å². The molecule has 70 valence electrons. The van der Waals surface area contributed by atoms with E-state index in [1.54, 1.807) is 0 Å². The zero-order valence-corrected chi connectivity index (χ0v) is 10.2.